The summed E-state index contributed by atoms with van der Waals surface area (Å²) in [7, 11) is 0. The van der Waals surface area contributed by atoms with E-state index in [9.17, 15) is 9.59 Å². The van der Waals surface area contributed by atoms with Crippen molar-refractivity contribution < 1.29 is 14.3 Å². The van der Waals surface area contributed by atoms with Gasteiger partial charge in [-0.1, -0.05) is 51.1 Å². The first-order chi connectivity index (χ1) is 9.71. The highest BCUT2D eigenvalue weighted by Gasteiger charge is 2.47. The lowest BCUT2D eigenvalue weighted by Crippen LogP contribution is -2.50. The van der Waals surface area contributed by atoms with E-state index < -0.39 is 11.6 Å². The van der Waals surface area contributed by atoms with Gasteiger partial charge in [0.25, 0.3) is 0 Å². The van der Waals surface area contributed by atoms with Crippen molar-refractivity contribution in [1.29, 1.82) is 0 Å². The van der Waals surface area contributed by atoms with Crippen LogP contribution in [0.1, 0.15) is 39.7 Å². The van der Waals surface area contributed by atoms with Crippen LogP contribution in [0.15, 0.2) is 30.3 Å². The van der Waals surface area contributed by atoms with Crippen molar-refractivity contribution in [2.45, 2.75) is 46.1 Å². The lowest BCUT2D eigenvalue weighted by molar-refractivity contribution is -0.133. The van der Waals surface area contributed by atoms with Crippen molar-refractivity contribution in [3.63, 3.8) is 0 Å². The third-order valence-corrected chi connectivity index (χ3v) is 3.59. The predicted octanol–water partition coefficient (Wildman–Crippen LogP) is 3.40. The third-order valence-electron chi connectivity index (χ3n) is 3.59. The first-order valence-electron chi connectivity index (χ1n) is 7.25. The normalized spacial score (nSPS) is 22.3. The van der Waals surface area contributed by atoms with Gasteiger partial charge in [-0.05, 0) is 24.3 Å². The molecule has 1 aliphatic rings. The van der Waals surface area contributed by atoms with E-state index in [1.165, 1.54) is 4.90 Å². The Labute approximate surface area is 126 Å². The van der Waals surface area contributed by atoms with E-state index in [2.05, 4.69) is 0 Å². The van der Waals surface area contributed by atoms with Gasteiger partial charge in [0.1, 0.15) is 6.61 Å². The second-order valence-electron chi connectivity index (χ2n) is 7.18. The fraction of sp³-hybridized carbons (Fsp3) is 0.529. The Kier molecular flexibility index (Phi) is 4.08. The van der Waals surface area contributed by atoms with E-state index in [0.29, 0.717) is 12.8 Å². The molecule has 0 radical (unpaired) electrons. The molecule has 4 heteroatoms. The van der Waals surface area contributed by atoms with Crippen LogP contribution in [0.25, 0.3) is 0 Å². The first kappa shape index (κ1) is 15.5. The molecule has 2 amide bonds. The van der Waals surface area contributed by atoms with Gasteiger partial charge in [-0.3, -0.25) is 4.79 Å². The molecular weight excluding hydrogens is 266 g/mol. The zero-order chi connectivity index (χ0) is 15.7. The number of imide groups is 1. The van der Waals surface area contributed by atoms with Gasteiger partial charge in [-0.2, -0.15) is 0 Å². The fourth-order valence-corrected chi connectivity index (χ4v) is 2.67. The molecule has 1 aromatic carbocycles. The van der Waals surface area contributed by atoms with Crippen molar-refractivity contribution >= 4 is 12.0 Å². The Bertz CT molecular complexity index is 533. The molecule has 4 nitrogen and oxygen atoms in total. The van der Waals surface area contributed by atoms with Crippen LogP contribution < -0.4 is 0 Å². The Morgan fingerprint density at radius 2 is 1.90 bits per heavy atom. The van der Waals surface area contributed by atoms with E-state index in [1.54, 1.807) is 0 Å². The minimum atomic E-state index is -0.610. The molecular formula is C17H23NO3. The van der Waals surface area contributed by atoms with Gasteiger partial charge >= 0.3 is 6.09 Å². The molecule has 1 saturated heterocycles. The summed E-state index contributed by atoms with van der Waals surface area (Å²) in [6, 6.07) is 9.86. The van der Waals surface area contributed by atoms with E-state index >= 15 is 0 Å². The van der Waals surface area contributed by atoms with Crippen LogP contribution >= 0.6 is 0 Å². The molecule has 1 unspecified atom stereocenters. The van der Waals surface area contributed by atoms with Crippen LogP contribution in [-0.2, 0) is 16.0 Å². The molecule has 0 aromatic heterocycles. The lowest BCUT2D eigenvalue weighted by atomic mass is 9.88. The zero-order valence-corrected chi connectivity index (χ0v) is 13.2. The van der Waals surface area contributed by atoms with Gasteiger partial charge < -0.3 is 4.74 Å². The smallest absolute Gasteiger partial charge is 0.417 e. The summed E-state index contributed by atoms with van der Waals surface area (Å²) >= 11 is 0. The van der Waals surface area contributed by atoms with Gasteiger partial charge in [0.2, 0.25) is 5.91 Å². The largest absolute Gasteiger partial charge is 0.447 e. The van der Waals surface area contributed by atoms with Crippen LogP contribution in [0.4, 0.5) is 4.79 Å². The van der Waals surface area contributed by atoms with Crippen molar-refractivity contribution in [3.8, 4) is 0 Å². The van der Waals surface area contributed by atoms with Crippen molar-refractivity contribution in [2.24, 2.45) is 5.41 Å². The summed E-state index contributed by atoms with van der Waals surface area (Å²) in [6.45, 7) is 8.12. The lowest BCUT2D eigenvalue weighted by Gasteiger charge is -2.32. The second kappa shape index (κ2) is 5.51. The molecule has 0 spiro atoms. The molecule has 1 atom stereocenters. The maximum Gasteiger partial charge on any atom is 0.417 e. The zero-order valence-electron chi connectivity index (χ0n) is 13.2. The number of ether oxygens (including phenoxy) is 1. The quantitative estimate of drug-likeness (QED) is 0.856. The second-order valence-corrected chi connectivity index (χ2v) is 7.18. The first-order valence-corrected chi connectivity index (χ1v) is 7.25. The molecule has 2 rings (SSSR count). The molecule has 1 aliphatic heterocycles. The number of hydrogen-bond acceptors (Lipinski definition) is 3. The Morgan fingerprint density at radius 1 is 1.29 bits per heavy atom. The Hall–Kier alpha value is -1.84. The summed E-state index contributed by atoms with van der Waals surface area (Å²) < 4.78 is 5.16. The van der Waals surface area contributed by atoms with Crippen LogP contribution in [0.2, 0.25) is 0 Å². The topological polar surface area (TPSA) is 46.6 Å². The number of carbonyl (C=O) groups is 2. The number of cyclic esters (lactones) is 1. The summed E-state index contributed by atoms with van der Waals surface area (Å²) in [6.07, 6.45) is 0.407. The van der Waals surface area contributed by atoms with Gasteiger partial charge in [0.15, 0.2) is 0 Å². The molecule has 0 saturated carbocycles. The summed E-state index contributed by atoms with van der Waals surface area (Å²) in [5.74, 6) is -0.163. The summed E-state index contributed by atoms with van der Waals surface area (Å²) in [5, 5.41) is 0. The molecule has 1 fully saturated rings. The minimum absolute atomic E-state index is 0.159. The van der Waals surface area contributed by atoms with E-state index in [1.807, 2.05) is 58.0 Å². The number of hydrogen-bond donors (Lipinski definition) is 0. The molecule has 0 bridgehead atoms. The Balaban J connectivity index is 2.21. The third kappa shape index (κ3) is 3.63. The monoisotopic (exact) mass is 289 g/mol. The van der Waals surface area contributed by atoms with E-state index in [4.69, 9.17) is 4.74 Å². The molecule has 21 heavy (non-hydrogen) atoms. The van der Waals surface area contributed by atoms with Crippen molar-refractivity contribution in [1.82, 2.24) is 4.90 Å². The molecule has 1 aromatic rings. The van der Waals surface area contributed by atoms with Crippen LogP contribution in [0, 0.1) is 5.41 Å². The number of benzene rings is 1. The Morgan fingerprint density at radius 3 is 2.48 bits per heavy atom. The average molecular weight is 289 g/mol. The number of nitrogens with zero attached hydrogens (tertiary/aromatic N) is 1. The fourth-order valence-electron chi connectivity index (χ4n) is 2.67. The van der Waals surface area contributed by atoms with Gasteiger partial charge in [-0.15, -0.1) is 0 Å². The molecule has 0 N–H and O–H groups in total. The SMILES string of the molecule is CC(C)(C)CC(=O)N1C(=O)OCC1(C)Cc1ccccc1. The van der Waals surface area contributed by atoms with Crippen molar-refractivity contribution in [2.75, 3.05) is 6.61 Å². The highest BCUT2D eigenvalue weighted by Crippen LogP contribution is 2.31. The van der Waals surface area contributed by atoms with Crippen LogP contribution in [0.3, 0.4) is 0 Å². The van der Waals surface area contributed by atoms with E-state index in [0.717, 1.165) is 5.56 Å². The maximum atomic E-state index is 12.5. The molecule has 1 heterocycles. The highest BCUT2D eigenvalue weighted by atomic mass is 16.6. The maximum absolute atomic E-state index is 12.5. The average Bonchev–Trinajstić information content (AvgIpc) is 2.64. The van der Waals surface area contributed by atoms with E-state index in [-0.39, 0.29) is 17.9 Å². The predicted molar refractivity (Wildman–Crippen MR) is 80.8 cm³/mol. The van der Waals surface area contributed by atoms with Gasteiger partial charge in [-0.25, -0.2) is 9.69 Å². The summed E-state index contributed by atoms with van der Waals surface area (Å²) in [5.41, 5.74) is 0.320. The van der Waals surface area contributed by atoms with Crippen LogP contribution in [-0.4, -0.2) is 29.0 Å². The number of rotatable bonds is 3. The number of carbonyl (C=O) groups excluding carboxylic acids is 2. The van der Waals surface area contributed by atoms with Gasteiger partial charge in [0.05, 0.1) is 5.54 Å². The minimum Gasteiger partial charge on any atom is -0.447 e. The van der Waals surface area contributed by atoms with Crippen molar-refractivity contribution in [3.05, 3.63) is 35.9 Å². The molecule has 114 valence electrons. The summed E-state index contributed by atoms with van der Waals surface area (Å²) in [4.78, 5) is 25.8. The van der Waals surface area contributed by atoms with Crippen LogP contribution in [0.5, 0.6) is 0 Å². The molecule has 0 aliphatic carbocycles. The standard InChI is InChI=1S/C17H23NO3/c1-16(2,3)11-14(19)18-15(20)21-12-17(18,4)10-13-8-6-5-7-9-13/h5-9H,10-12H2,1-4H3. The highest BCUT2D eigenvalue weighted by molar-refractivity contribution is 5.94. The number of amides is 2. The van der Waals surface area contributed by atoms with Gasteiger partial charge in [0, 0.05) is 6.42 Å².